The van der Waals surface area contributed by atoms with E-state index >= 15 is 0 Å². The Kier molecular flexibility index (Phi) is 17.9. The van der Waals surface area contributed by atoms with E-state index in [1.54, 1.807) is 0 Å². The fraction of sp³-hybridized carbons (Fsp3) is 0.929. The lowest BCUT2D eigenvalue weighted by Gasteiger charge is -2.18. The summed E-state index contributed by atoms with van der Waals surface area (Å²) in [6.45, 7) is 12.1. The van der Waals surface area contributed by atoms with Gasteiger partial charge in [0, 0.05) is 20.1 Å². The lowest BCUT2D eigenvalue weighted by molar-refractivity contribution is 0.300. The molecule has 0 atom stereocenters. The molecule has 116 valence electrons. The van der Waals surface area contributed by atoms with Gasteiger partial charge in [-0.1, -0.05) is 33.6 Å². The van der Waals surface area contributed by atoms with Gasteiger partial charge in [-0.2, -0.15) is 0 Å². The second-order valence-electron chi connectivity index (χ2n) is 4.51. The van der Waals surface area contributed by atoms with E-state index in [0.717, 1.165) is 45.1 Å². The number of nitrogens with one attached hydrogen (secondary N) is 2. The van der Waals surface area contributed by atoms with Crippen molar-refractivity contribution < 1.29 is 0 Å². The third-order valence-electron chi connectivity index (χ3n) is 3.13. The number of hydrogen-bond acceptors (Lipinski definition) is 2. The predicted molar refractivity (Wildman–Crippen MR) is 96.7 cm³/mol. The Hall–Kier alpha value is -0.0400. The van der Waals surface area contributed by atoms with Gasteiger partial charge in [-0.15, -0.1) is 24.0 Å². The van der Waals surface area contributed by atoms with Gasteiger partial charge >= 0.3 is 0 Å². The van der Waals surface area contributed by atoms with Crippen LogP contribution in [0.2, 0.25) is 0 Å². The highest BCUT2D eigenvalue weighted by molar-refractivity contribution is 14.0. The Labute approximate surface area is 136 Å². The molecule has 0 aromatic rings. The Morgan fingerprint density at radius 1 is 0.947 bits per heavy atom. The van der Waals surface area contributed by atoms with Crippen LogP contribution in [0.5, 0.6) is 0 Å². The molecule has 0 rings (SSSR count). The van der Waals surface area contributed by atoms with Crippen LogP contribution >= 0.6 is 24.0 Å². The van der Waals surface area contributed by atoms with Gasteiger partial charge in [0.15, 0.2) is 5.96 Å². The van der Waals surface area contributed by atoms with Gasteiger partial charge in [-0.3, -0.25) is 4.99 Å². The summed E-state index contributed by atoms with van der Waals surface area (Å²) >= 11 is 0. The van der Waals surface area contributed by atoms with Crippen molar-refractivity contribution in [3.05, 3.63) is 0 Å². The molecule has 0 heterocycles. The first-order valence-corrected chi connectivity index (χ1v) is 7.45. The first kappa shape index (κ1) is 21.3. The Morgan fingerprint density at radius 2 is 1.53 bits per heavy atom. The molecule has 0 unspecified atom stereocenters. The summed E-state index contributed by atoms with van der Waals surface area (Å²) in [4.78, 5) is 6.67. The van der Waals surface area contributed by atoms with E-state index in [2.05, 4.69) is 41.3 Å². The molecule has 0 aliphatic heterocycles. The molecule has 0 aromatic heterocycles. The first-order chi connectivity index (χ1) is 8.78. The van der Waals surface area contributed by atoms with Gasteiger partial charge in [0.1, 0.15) is 0 Å². The van der Waals surface area contributed by atoms with E-state index in [9.17, 15) is 0 Å². The van der Waals surface area contributed by atoms with Crippen LogP contribution in [-0.4, -0.2) is 50.6 Å². The Bertz CT molecular complexity index is 206. The minimum atomic E-state index is 0. The van der Waals surface area contributed by atoms with Gasteiger partial charge in [0.05, 0.1) is 0 Å². The number of hydrogen-bond donors (Lipinski definition) is 2. The summed E-state index contributed by atoms with van der Waals surface area (Å²) in [7, 11) is 1.83. The molecular formula is C14H33IN4. The summed E-state index contributed by atoms with van der Waals surface area (Å²) in [6.07, 6.45) is 4.93. The molecule has 5 heteroatoms. The molecule has 0 fully saturated rings. The zero-order chi connectivity index (χ0) is 13.6. The maximum Gasteiger partial charge on any atom is 0.190 e. The zero-order valence-corrected chi connectivity index (χ0v) is 15.5. The standard InChI is InChI=1S/C14H32N4.HI/c1-5-8-9-11-16-14(15-4)17-12-10-13-18(6-2)7-3;/h5-13H2,1-4H3,(H2,15,16,17);1H. The summed E-state index contributed by atoms with van der Waals surface area (Å²) in [5, 5.41) is 6.71. The number of rotatable bonds is 10. The highest BCUT2D eigenvalue weighted by Crippen LogP contribution is 1.91. The SMILES string of the molecule is CCCCCNC(=NC)NCCCN(CC)CC.I. The van der Waals surface area contributed by atoms with E-state index < -0.39 is 0 Å². The molecule has 0 spiro atoms. The quantitative estimate of drug-likeness (QED) is 0.263. The summed E-state index contributed by atoms with van der Waals surface area (Å²) < 4.78 is 0. The number of halogens is 1. The molecule has 0 aliphatic carbocycles. The van der Waals surface area contributed by atoms with Crippen LogP contribution in [0.3, 0.4) is 0 Å². The van der Waals surface area contributed by atoms with Crippen LogP contribution < -0.4 is 10.6 Å². The Balaban J connectivity index is 0. The van der Waals surface area contributed by atoms with E-state index in [1.807, 2.05) is 7.05 Å². The largest absolute Gasteiger partial charge is 0.356 e. The third kappa shape index (κ3) is 12.7. The third-order valence-corrected chi connectivity index (χ3v) is 3.13. The van der Waals surface area contributed by atoms with Crippen molar-refractivity contribution in [2.24, 2.45) is 4.99 Å². The lowest BCUT2D eigenvalue weighted by atomic mass is 10.2. The van der Waals surface area contributed by atoms with Crippen molar-refractivity contribution in [3.63, 3.8) is 0 Å². The molecule has 0 amide bonds. The van der Waals surface area contributed by atoms with Gasteiger partial charge in [0.25, 0.3) is 0 Å². The van der Waals surface area contributed by atoms with Gasteiger partial charge in [0.2, 0.25) is 0 Å². The normalized spacial score (nSPS) is 11.3. The van der Waals surface area contributed by atoms with Crippen molar-refractivity contribution in [1.29, 1.82) is 0 Å². The minimum Gasteiger partial charge on any atom is -0.356 e. The van der Waals surface area contributed by atoms with Gasteiger partial charge in [-0.05, 0) is 32.5 Å². The van der Waals surface area contributed by atoms with Crippen LogP contribution in [0, 0.1) is 0 Å². The summed E-state index contributed by atoms with van der Waals surface area (Å²) in [5.41, 5.74) is 0. The Morgan fingerprint density at radius 3 is 2.00 bits per heavy atom. The minimum absolute atomic E-state index is 0. The fourth-order valence-electron chi connectivity index (χ4n) is 1.85. The van der Waals surface area contributed by atoms with E-state index in [0.29, 0.717) is 0 Å². The van der Waals surface area contributed by atoms with Crippen molar-refractivity contribution in [2.45, 2.75) is 46.5 Å². The van der Waals surface area contributed by atoms with Crippen molar-refractivity contribution in [3.8, 4) is 0 Å². The average molecular weight is 384 g/mol. The smallest absolute Gasteiger partial charge is 0.190 e. The lowest BCUT2D eigenvalue weighted by Crippen LogP contribution is -2.39. The van der Waals surface area contributed by atoms with E-state index in [4.69, 9.17) is 0 Å². The number of aliphatic imine (C=N–C) groups is 1. The number of guanidine groups is 1. The monoisotopic (exact) mass is 384 g/mol. The highest BCUT2D eigenvalue weighted by Gasteiger charge is 1.99. The molecule has 4 nitrogen and oxygen atoms in total. The van der Waals surface area contributed by atoms with Crippen LogP contribution in [0.4, 0.5) is 0 Å². The molecule has 0 aliphatic rings. The maximum absolute atomic E-state index is 4.22. The maximum atomic E-state index is 4.22. The number of nitrogens with zero attached hydrogens (tertiary/aromatic N) is 2. The molecule has 2 N–H and O–H groups in total. The molecule has 0 saturated heterocycles. The molecule has 19 heavy (non-hydrogen) atoms. The second-order valence-corrected chi connectivity index (χ2v) is 4.51. The van der Waals surface area contributed by atoms with Gasteiger partial charge in [-0.25, -0.2) is 0 Å². The van der Waals surface area contributed by atoms with Crippen LogP contribution in [-0.2, 0) is 0 Å². The molecule has 0 saturated carbocycles. The van der Waals surface area contributed by atoms with Crippen molar-refractivity contribution >= 4 is 29.9 Å². The van der Waals surface area contributed by atoms with E-state index in [1.165, 1.54) is 19.3 Å². The van der Waals surface area contributed by atoms with Crippen LogP contribution in [0.15, 0.2) is 4.99 Å². The summed E-state index contributed by atoms with van der Waals surface area (Å²) in [6, 6.07) is 0. The van der Waals surface area contributed by atoms with Crippen LogP contribution in [0.1, 0.15) is 46.5 Å². The molecule has 0 radical (unpaired) electrons. The topological polar surface area (TPSA) is 39.7 Å². The summed E-state index contributed by atoms with van der Waals surface area (Å²) in [5.74, 6) is 0.936. The van der Waals surface area contributed by atoms with Crippen molar-refractivity contribution in [1.82, 2.24) is 15.5 Å². The molecule has 0 bridgehead atoms. The number of unbranched alkanes of at least 4 members (excludes halogenated alkanes) is 2. The first-order valence-electron chi connectivity index (χ1n) is 7.45. The highest BCUT2D eigenvalue weighted by atomic mass is 127. The molecular weight excluding hydrogens is 351 g/mol. The second kappa shape index (κ2) is 16.0. The fourth-order valence-corrected chi connectivity index (χ4v) is 1.85. The van der Waals surface area contributed by atoms with E-state index in [-0.39, 0.29) is 24.0 Å². The van der Waals surface area contributed by atoms with Gasteiger partial charge < -0.3 is 15.5 Å². The average Bonchev–Trinajstić information content (AvgIpc) is 2.41. The zero-order valence-electron chi connectivity index (χ0n) is 13.2. The van der Waals surface area contributed by atoms with Crippen molar-refractivity contribution in [2.75, 3.05) is 39.8 Å². The molecule has 0 aromatic carbocycles. The predicted octanol–water partition coefficient (Wildman–Crippen LogP) is 2.69. The van der Waals surface area contributed by atoms with Crippen LogP contribution in [0.25, 0.3) is 0 Å².